The largest absolute Gasteiger partial charge is 0.495 e. The highest BCUT2D eigenvalue weighted by Gasteiger charge is 2.16. The van der Waals surface area contributed by atoms with Crippen molar-refractivity contribution in [2.75, 3.05) is 13.7 Å². The van der Waals surface area contributed by atoms with Crippen LogP contribution >= 0.6 is 34.8 Å². The van der Waals surface area contributed by atoms with Crippen LogP contribution in [0.1, 0.15) is 24.1 Å². The summed E-state index contributed by atoms with van der Waals surface area (Å²) in [6.07, 6.45) is 0. The van der Waals surface area contributed by atoms with Crippen LogP contribution in [-0.2, 0) is 0 Å². The third kappa shape index (κ3) is 4.04. The maximum atomic E-state index is 6.11. The number of methoxy groups -OCH3 is 1. The first-order chi connectivity index (χ1) is 10.0. The molecule has 0 heterocycles. The molecule has 0 fully saturated rings. The van der Waals surface area contributed by atoms with E-state index >= 15 is 0 Å². The standard InChI is InChI=1S/C16H16Cl3NO/c1-3-20-16(11-6-12(17)9-13(18)7-11)10-4-5-14(19)15(8-10)21-2/h4-9,16,20H,3H2,1-2H3. The molecule has 112 valence electrons. The van der Waals surface area contributed by atoms with Gasteiger partial charge in [0.1, 0.15) is 5.75 Å². The molecule has 0 saturated carbocycles. The van der Waals surface area contributed by atoms with Crippen molar-refractivity contribution in [3.63, 3.8) is 0 Å². The minimum Gasteiger partial charge on any atom is -0.495 e. The maximum absolute atomic E-state index is 6.11. The van der Waals surface area contributed by atoms with Crippen LogP contribution in [0.25, 0.3) is 0 Å². The summed E-state index contributed by atoms with van der Waals surface area (Å²) in [5.74, 6) is 0.644. The minimum absolute atomic E-state index is 0.0302. The molecule has 21 heavy (non-hydrogen) atoms. The number of ether oxygens (including phenoxy) is 1. The monoisotopic (exact) mass is 343 g/mol. The second kappa shape index (κ2) is 7.37. The van der Waals surface area contributed by atoms with Gasteiger partial charge >= 0.3 is 0 Å². The lowest BCUT2D eigenvalue weighted by Crippen LogP contribution is -2.22. The molecule has 0 radical (unpaired) electrons. The van der Waals surface area contributed by atoms with Gasteiger partial charge in [-0.2, -0.15) is 0 Å². The molecule has 0 bridgehead atoms. The van der Waals surface area contributed by atoms with E-state index in [9.17, 15) is 0 Å². The summed E-state index contributed by atoms with van der Waals surface area (Å²) in [5.41, 5.74) is 2.04. The fourth-order valence-electron chi connectivity index (χ4n) is 2.23. The molecular weight excluding hydrogens is 329 g/mol. The highest BCUT2D eigenvalue weighted by Crippen LogP contribution is 2.32. The molecule has 1 N–H and O–H groups in total. The van der Waals surface area contributed by atoms with E-state index in [-0.39, 0.29) is 6.04 Å². The summed E-state index contributed by atoms with van der Waals surface area (Å²) in [6, 6.07) is 11.2. The summed E-state index contributed by atoms with van der Waals surface area (Å²) in [7, 11) is 1.60. The van der Waals surface area contributed by atoms with Crippen molar-refractivity contribution in [1.29, 1.82) is 0 Å². The SMILES string of the molecule is CCNC(c1cc(Cl)cc(Cl)c1)c1ccc(Cl)c(OC)c1. The molecular formula is C16H16Cl3NO. The average molecular weight is 345 g/mol. The van der Waals surface area contributed by atoms with Gasteiger partial charge in [0.2, 0.25) is 0 Å². The van der Waals surface area contributed by atoms with E-state index in [0.29, 0.717) is 20.8 Å². The van der Waals surface area contributed by atoms with E-state index in [1.165, 1.54) is 0 Å². The lowest BCUT2D eigenvalue weighted by atomic mass is 9.98. The van der Waals surface area contributed by atoms with Gasteiger partial charge < -0.3 is 10.1 Å². The fourth-order valence-corrected chi connectivity index (χ4v) is 2.97. The third-order valence-corrected chi connectivity index (χ3v) is 3.88. The van der Waals surface area contributed by atoms with Gasteiger partial charge in [-0.25, -0.2) is 0 Å². The Labute approximate surface area is 140 Å². The molecule has 0 amide bonds. The number of hydrogen-bond acceptors (Lipinski definition) is 2. The molecule has 0 aromatic heterocycles. The zero-order chi connectivity index (χ0) is 15.4. The molecule has 0 aliphatic rings. The van der Waals surface area contributed by atoms with Crippen LogP contribution in [0.15, 0.2) is 36.4 Å². The topological polar surface area (TPSA) is 21.3 Å². The Balaban J connectivity index is 2.47. The van der Waals surface area contributed by atoms with Crippen molar-refractivity contribution in [2.24, 2.45) is 0 Å². The molecule has 0 aliphatic heterocycles. The second-order valence-electron chi connectivity index (χ2n) is 4.59. The summed E-state index contributed by atoms with van der Waals surface area (Å²) < 4.78 is 5.29. The predicted octanol–water partition coefficient (Wildman–Crippen LogP) is 5.35. The summed E-state index contributed by atoms with van der Waals surface area (Å²) >= 11 is 18.3. The van der Waals surface area contributed by atoms with Gasteiger partial charge in [-0.3, -0.25) is 0 Å². The summed E-state index contributed by atoms with van der Waals surface area (Å²) in [5, 5.41) is 5.23. The molecule has 2 rings (SSSR count). The first-order valence-corrected chi connectivity index (χ1v) is 7.71. The Morgan fingerprint density at radius 1 is 1.00 bits per heavy atom. The van der Waals surface area contributed by atoms with E-state index in [2.05, 4.69) is 5.32 Å². The number of halogens is 3. The van der Waals surface area contributed by atoms with E-state index in [1.807, 2.05) is 37.3 Å². The number of nitrogens with one attached hydrogen (secondary N) is 1. The Morgan fingerprint density at radius 2 is 1.67 bits per heavy atom. The van der Waals surface area contributed by atoms with Crippen molar-refractivity contribution in [2.45, 2.75) is 13.0 Å². The van der Waals surface area contributed by atoms with Crippen molar-refractivity contribution in [3.8, 4) is 5.75 Å². The third-order valence-electron chi connectivity index (χ3n) is 3.13. The van der Waals surface area contributed by atoms with Gasteiger partial charge in [-0.15, -0.1) is 0 Å². The highest BCUT2D eigenvalue weighted by atomic mass is 35.5. The van der Waals surface area contributed by atoms with Crippen LogP contribution in [0.2, 0.25) is 15.1 Å². The Morgan fingerprint density at radius 3 is 2.24 bits per heavy atom. The van der Waals surface area contributed by atoms with Crippen LogP contribution in [0, 0.1) is 0 Å². The Bertz CT molecular complexity index is 611. The normalized spacial score (nSPS) is 12.2. The molecule has 2 nitrogen and oxygen atoms in total. The Kier molecular flexibility index (Phi) is 5.77. The molecule has 0 aliphatic carbocycles. The predicted molar refractivity (Wildman–Crippen MR) is 90.0 cm³/mol. The van der Waals surface area contributed by atoms with Crippen molar-refractivity contribution in [1.82, 2.24) is 5.32 Å². The number of benzene rings is 2. The lowest BCUT2D eigenvalue weighted by Gasteiger charge is -2.20. The van der Waals surface area contributed by atoms with Crippen molar-refractivity contribution < 1.29 is 4.74 Å². The minimum atomic E-state index is -0.0302. The number of hydrogen-bond donors (Lipinski definition) is 1. The second-order valence-corrected chi connectivity index (χ2v) is 5.87. The van der Waals surface area contributed by atoms with Crippen LogP contribution in [-0.4, -0.2) is 13.7 Å². The van der Waals surface area contributed by atoms with Gasteiger partial charge in [0.15, 0.2) is 0 Å². The first kappa shape index (κ1) is 16.4. The highest BCUT2D eigenvalue weighted by molar-refractivity contribution is 6.34. The Hall–Kier alpha value is -0.930. The van der Waals surface area contributed by atoms with Crippen LogP contribution < -0.4 is 10.1 Å². The molecule has 2 aromatic carbocycles. The summed E-state index contributed by atoms with van der Waals surface area (Å²) in [4.78, 5) is 0. The summed E-state index contributed by atoms with van der Waals surface area (Å²) in [6.45, 7) is 2.85. The maximum Gasteiger partial charge on any atom is 0.137 e. The zero-order valence-corrected chi connectivity index (χ0v) is 14.1. The average Bonchev–Trinajstić information content (AvgIpc) is 2.44. The molecule has 1 atom stereocenters. The molecule has 1 unspecified atom stereocenters. The van der Waals surface area contributed by atoms with Crippen LogP contribution in [0.3, 0.4) is 0 Å². The molecule has 0 saturated heterocycles. The van der Waals surface area contributed by atoms with Crippen molar-refractivity contribution in [3.05, 3.63) is 62.6 Å². The van der Waals surface area contributed by atoms with E-state index < -0.39 is 0 Å². The van der Waals surface area contributed by atoms with Crippen molar-refractivity contribution >= 4 is 34.8 Å². The van der Waals surface area contributed by atoms with E-state index in [1.54, 1.807) is 13.2 Å². The van der Waals surface area contributed by atoms with E-state index in [0.717, 1.165) is 17.7 Å². The van der Waals surface area contributed by atoms with Gasteiger partial charge in [-0.1, -0.05) is 47.8 Å². The molecule has 2 aromatic rings. The van der Waals surface area contributed by atoms with Crippen LogP contribution in [0.5, 0.6) is 5.75 Å². The number of rotatable bonds is 5. The smallest absolute Gasteiger partial charge is 0.137 e. The van der Waals surface area contributed by atoms with Crippen LogP contribution in [0.4, 0.5) is 0 Å². The fraction of sp³-hybridized carbons (Fsp3) is 0.250. The van der Waals surface area contributed by atoms with Gasteiger partial charge in [-0.05, 0) is 48.0 Å². The van der Waals surface area contributed by atoms with E-state index in [4.69, 9.17) is 39.5 Å². The van der Waals surface area contributed by atoms with Gasteiger partial charge in [0.25, 0.3) is 0 Å². The van der Waals surface area contributed by atoms with Gasteiger partial charge in [0, 0.05) is 10.0 Å². The molecule has 0 spiro atoms. The van der Waals surface area contributed by atoms with Gasteiger partial charge in [0.05, 0.1) is 18.2 Å². The zero-order valence-electron chi connectivity index (χ0n) is 11.8. The quantitative estimate of drug-likeness (QED) is 0.789. The lowest BCUT2D eigenvalue weighted by molar-refractivity contribution is 0.414. The first-order valence-electron chi connectivity index (χ1n) is 6.58. The molecule has 5 heteroatoms.